The second-order valence-corrected chi connectivity index (χ2v) is 3.30. The first-order valence-electron chi connectivity index (χ1n) is 4.37. The smallest absolute Gasteiger partial charge is 0.134 e. The number of carbonyl (C=O) groups is 1. The van der Waals surface area contributed by atoms with Gasteiger partial charge in [0.05, 0.1) is 7.11 Å². The largest absolute Gasteiger partial charge is 0.497 e. The van der Waals surface area contributed by atoms with Gasteiger partial charge in [-0.15, -0.1) is 0 Å². The summed E-state index contributed by atoms with van der Waals surface area (Å²) in [4.78, 5) is 10.9. The van der Waals surface area contributed by atoms with E-state index in [9.17, 15) is 9.18 Å². The summed E-state index contributed by atoms with van der Waals surface area (Å²) in [6.45, 7) is 3.09. The average molecular weight is 196 g/mol. The van der Waals surface area contributed by atoms with E-state index in [1.807, 2.05) is 0 Å². The van der Waals surface area contributed by atoms with Crippen molar-refractivity contribution in [2.75, 3.05) is 7.11 Å². The van der Waals surface area contributed by atoms with E-state index in [0.717, 1.165) is 0 Å². The monoisotopic (exact) mass is 196 g/mol. The predicted octanol–water partition coefficient (Wildman–Crippen LogP) is 2.27. The molecule has 0 spiro atoms. The lowest BCUT2D eigenvalue weighted by Gasteiger charge is -2.07. The number of Topliss-reactive ketones (excluding diaryl/α,β-unsaturated/α-hetero) is 1. The molecular formula is C11H13FO2. The van der Waals surface area contributed by atoms with Crippen molar-refractivity contribution in [1.29, 1.82) is 0 Å². The lowest BCUT2D eigenvalue weighted by molar-refractivity contribution is -0.116. The van der Waals surface area contributed by atoms with Crippen molar-refractivity contribution in [3.8, 4) is 5.75 Å². The zero-order valence-electron chi connectivity index (χ0n) is 8.56. The van der Waals surface area contributed by atoms with Crippen molar-refractivity contribution in [1.82, 2.24) is 0 Å². The van der Waals surface area contributed by atoms with Gasteiger partial charge in [-0.3, -0.25) is 4.79 Å². The Morgan fingerprint density at radius 2 is 2.14 bits per heavy atom. The van der Waals surface area contributed by atoms with Crippen LogP contribution in [0.2, 0.25) is 0 Å². The maximum Gasteiger partial charge on any atom is 0.134 e. The van der Waals surface area contributed by atoms with Gasteiger partial charge in [-0.25, -0.2) is 4.39 Å². The zero-order valence-corrected chi connectivity index (χ0v) is 8.56. The predicted molar refractivity (Wildman–Crippen MR) is 52.1 cm³/mol. The number of halogens is 1. The number of methoxy groups -OCH3 is 1. The highest BCUT2D eigenvalue weighted by atomic mass is 19.1. The average Bonchev–Trinajstić information content (AvgIpc) is 2.11. The molecule has 0 heterocycles. The lowest BCUT2D eigenvalue weighted by atomic mass is 10.1. The molecule has 76 valence electrons. The fourth-order valence-corrected chi connectivity index (χ4v) is 1.32. The van der Waals surface area contributed by atoms with Gasteiger partial charge in [-0.2, -0.15) is 0 Å². The van der Waals surface area contributed by atoms with Crippen LogP contribution in [0.25, 0.3) is 0 Å². The molecule has 0 bridgehead atoms. The van der Waals surface area contributed by atoms with E-state index in [1.165, 1.54) is 14.0 Å². The summed E-state index contributed by atoms with van der Waals surface area (Å²) in [5.74, 6) is 0.206. The molecular weight excluding hydrogens is 183 g/mol. The van der Waals surface area contributed by atoms with E-state index in [0.29, 0.717) is 16.9 Å². The summed E-state index contributed by atoms with van der Waals surface area (Å²) in [5.41, 5.74) is 0.898. The Morgan fingerprint density at radius 1 is 1.50 bits per heavy atom. The Kier molecular flexibility index (Phi) is 3.23. The molecule has 0 unspecified atom stereocenters. The molecule has 0 N–H and O–H groups in total. The quantitative estimate of drug-likeness (QED) is 0.741. The SMILES string of the molecule is COc1cc(C)c(F)c(CC(C)=O)c1. The Hall–Kier alpha value is -1.38. The topological polar surface area (TPSA) is 26.3 Å². The maximum absolute atomic E-state index is 13.5. The number of hydrogen-bond acceptors (Lipinski definition) is 2. The van der Waals surface area contributed by atoms with E-state index in [-0.39, 0.29) is 18.0 Å². The highest BCUT2D eigenvalue weighted by molar-refractivity contribution is 5.78. The third kappa shape index (κ3) is 2.31. The first-order chi connectivity index (χ1) is 6.54. The zero-order chi connectivity index (χ0) is 10.7. The van der Waals surface area contributed by atoms with Crippen LogP contribution in [0.4, 0.5) is 4.39 Å². The molecule has 0 atom stereocenters. The number of benzene rings is 1. The van der Waals surface area contributed by atoms with Gasteiger partial charge >= 0.3 is 0 Å². The summed E-state index contributed by atoms with van der Waals surface area (Å²) < 4.78 is 18.5. The molecule has 0 aromatic heterocycles. The van der Waals surface area contributed by atoms with Crippen LogP contribution in [0.1, 0.15) is 18.1 Å². The number of hydrogen-bond donors (Lipinski definition) is 0. The molecule has 2 nitrogen and oxygen atoms in total. The molecule has 0 radical (unpaired) electrons. The van der Waals surface area contributed by atoms with Gasteiger partial charge in [0.1, 0.15) is 17.3 Å². The van der Waals surface area contributed by atoms with Crippen LogP contribution < -0.4 is 4.74 Å². The minimum absolute atomic E-state index is 0.0587. The maximum atomic E-state index is 13.5. The molecule has 1 aromatic rings. The molecule has 0 fully saturated rings. The van der Waals surface area contributed by atoms with Crippen molar-refractivity contribution in [2.24, 2.45) is 0 Å². The highest BCUT2D eigenvalue weighted by Crippen LogP contribution is 2.21. The van der Waals surface area contributed by atoms with E-state index >= 15 is 0 Å². The van der Waals surface area contributed by atoms with Crippen molar-refractivity contribution in [2.45, 2.75) is 20.3 Å². The molecule has 0 aliphatic heterocycles. The first kappa shape index (κ1) is 10.7. The van der Waals surface area contributed by atoms with Gasteiger partial charge in [0.25, 0.3) is 0 Å². The van der Waals surface area contributed by atoms with Gasteiger partial charge in [-0.1, -0.05) is 0 Å². The fourth-order valence-electron chi connectivity index (χ4n) is 1.32. The number of ketones is 1. The standard InChI is InChI=1S/C11H13FO2/c1-7-4-10(14-3)6-9(11(7)12)5-8(2)13/h4,6H,5H2,1-3H3. The Balaban J connectivity index is 3.13. The van der Waals surface area contributed by atoms with Crippen molar-refractivity contribution < 1.29 is 13.9 Å². The summed E-state index contributed by atoms with van der Waals surface area (Å²) >= 11 is 0. The van der Waals surface area contributed by atoms with Crippen LogP contribution in [-0.2, 0) is 11.2 Å². The Labute approximate surface area is 82.7 Å². The lowest BCUT2D eigenvalue weighted by Crippen LogP contribution is -2.01. The minimum Gasteiger partial charge on any atom is -0.497 e. The van der Waals surface area contributed by atoms with Gasteiger partial charge in [-0.05, 0) is 37.1 Å². The molecule has 1 rings (SSSR count). The van der Waals surface area contributed by atoms with Crippen molar-refractivity contribution >= 4 is 5.78 Å². The summed E-state index contributed by atoms with van der Waals surface area (Å²) in [6.07, 6.45) is 0.115. The highest BCUT2D eigenvalue weighted by Gasteiger charge is 2.09. The molecule has 0 saturated heterocycles. The van der Waals surface area contributed by atoms with E-state index < -0.39 is 0 Å². The number of aryl methyl sites for hydroxylation is 1. The Morgan fingerprint density at radius 3 is 2.64 bits per heavy atom. The van der Waals surface area contributed by atoms with Crippen molar-refractivity contribution in [3.63, 3.8) is 0 Å². The molecule has 0 saturated carbocycles. The third-order valence-corrected chi connectivity index (χ3v) is 1.98. The number of rotatable bonds is 3. The van der Waals surface area contributed by atoms with Crippen LogP contribution >= 0.6 is 0 Å². The second-order valence-electron chi connectivity index (χ2n) is 3.30. The summed E-state index contributed by atoms with van der Waals surface area (Å²) in [5, 5.41) is 0. The van der Waals surface area contributed by atoms with Gasteiger partial charge in [0.15, 0.2) is 0 Å². The molecule has 0 aliphatic rings. The molecule has 1 aromatic carbocycles. The van der Waals surface area contributed by atoms with Crippen LogP contribution in [0.3, 0.4) is 0 Å². The van der Waals surface area contributed by atoms with E-state index in [2.05, 4.69) is 0 Å². The fraction of sp³-hybridized carbons (Fsp3) is 0.364. The molecule has 0 aliphatic carbocycles. The summed E-state index contributed by atoms with van der Waals surface area (Å²) in [6, 6.07) is 3.17. The van der Waals surface area contributed by atoms with Gasteiger partial charge < -0.3 is 4.74 Å². The summed E-state index contributed by atoms with van der Waals surface area (Å²) in [7, 11) is 1.52. The molecule has 3 heteroatoms. The number of carbonyl (C=O) groups excluding carboxylic acids is 1. The van der Waals surface area contributed by atoms with Crippen LogP contribution in [0.5, 0.6) is 5.75 Å². The molecule has 14 heavy (non-hydrogen) atoms. The Bertz CT molecular complexity index is 359. The van der Waals surface area contributed by atoms with E-state index in [4.69, 9.17) is 4.74 Å². The van der Waals surface area contributed by atoms with Crippen LogP contribution in [0, 0.1) is 12.7 Å². The van der Waals surface area contributed by atoms with E-state index in [1.54, 1.807) is 19.1 Å². The molecule has 0 amide bonds. The second kappa shape index (κ2) is 4.22. The van der Waals surface area contributed by atoms with Crippen LogP contribution in [-0.4, -0.2) is 12.9 Å². The number of ether oxygens (including phenoxy) is 1. The normalized spacial score (nSPS) is 10.0. The minimum atomic E-state index is -0.319. The van der Waals surface area contributed by atoms with Gasteiger partial charge in [0.2, 0.25) is 0 Å². The third-order valence-electron chi connectivity index (χ3n) is 1.98. The first-order valence-corrected chi connectivity index (χ1v) is 4.37. The van der Waals surface area contributed by atoms with Gasteiger partial charge in [0, 0.05) is 6.42 Å². The van der Waals surface area contributed by atoms with Crippen molar-refractivity contribution in [3.05, 3.63) is 29.1 Å². The van der Waals surface area contributed by atoms with Crippen LogP contribution in [0.15, 0.2) is 12.1 Å².